The second-order valence-corrected chi connectivity index (χ2v) is 9.80. The van der Waals surface area contributed by atoms with Gasteiger partial charge in [0, 0.05) is 12.8 Å². The zero-order valence-electron chi connectivity index (χ0n) is 16.9. The molecule has 0 aromatic heterocycles. The molecule has 1 saturated heterocycles. The molecule has 0 saturated carbocycles. The van der Waals surface area contributed by atoms with Crippen molar-refractivity contribution in [2.45, 2.75) is 76.0 Å². The van der Waals surface area contributed by atoms with Gasteiger partial charge in [-0.1, -0.05) is 17.7 Å². The van der Waals surface area contributed by atoms with Crippen LogP contribution in [0, 0.1) is 6.92 Å². The lowest BCUT2D eigenvalue weighted by Crippen LogP contribution is -2.27. The minimum Gasteiger partial charge on any atom is -0.465 e. The van der Waals surface area contributed by atoms with Crippen molar-refractivity contribution in [2.75, 3.05) is 12.4 Å². The molecule has 0 spiro atoms. The summed E-state index contributed by atoms with van der Waals surface area (Å²) in [5, 5.41) is 9.60. The molecule has 1 N–H and O–H groups in total. The Balaban J connectivity index is 1.78. The van der Waals surface area contributed by atoms with Crippen molar-refractivity contribution < 1.29 is 32.5 Å². The van der Waals surface area contributed by atoms with E-state index in [1.807, 2.05) is 6.92 Å². The first-order valence-corrected chi connectivity index (χ1v) is 11.1. The molecule has 1 fully saturated rings. The molecule has 7 nitrogen and oxygen atoms in total. The van der Waals surface area contributed by atoms with Crippen LogP contribution >= 0.6 is 0 Å². The van der Waals surface area contributed by atoms with Gasteiger partial charge in [0.05, 0.1) is 29.0 Å². The van der Waals surface area contributed by atoms with Gasteiger partial charge in [-0.3, -0.25) is 4.79 Å². The fourth-order valence-electron chi connectivity index (χ4n) is 3.15. The van der Waals surface area contributed by atoms with Gasteiger partial charge in [0.15, 0.2) is 15.6 Å². The number of carbonyl (C=O) groups is 1. The first-order valence-electron chi connectivity index (χ1n) is 9.47. The smallest absolute Gasteiger partial charge is 0.305 e. The van der Waals surface area contributed by atoms with Crippen LogP contribution in [0.2, 0.25) is 0 Å². The SMILES string of the molecule is Cc1ccc(S(=O)(=O)CCOC(=O)CC[C@@H]2OC(C)(C)O[C@H]2C[C@@H](C)O)cc1. The normalized spacial score (nSPS) is 22.8. The lowest BCUT2D eigenvalue weighted by molar-refractivity contribution is -0.152. The Morgan fingerprint density at radius 1 is 1.21 bits per heavy atom. The van der Waals surface area contributed by atoms with E-state index < -0.39 is 27.7 Å². The molecular weight excluding hydrogens is 384 g/mol. The maximum atomic E-state index is 12.3. The van der Waals surface area contributed by atoms with E-state index in [0.717, 1.165) is 5.56 Å². The molecule has 3 atom stereocenters. The number of aryl methyl sites for hydroxylation is 1. The molecule has 0 aliphatic carbocycles. The van der Waals surface area contributed by atoms with Crippen molar-refractivity contribution in [2.24, 2.45) is 0 Å². The number of hydrogen-bond donors (Lipinski definition) is 1. The lowest BCUT2D eigenvalue weighted by atomic mass is 10.0. The number of carbonyl (C=O) groups excluding carboxylic acids is 1. The van der Waals surface area contributed by atoms with E-state index in [2.05, 4.69) is 0 Å². The van der Waals surface area contributed by atoms with E-state index in [-0.39, 0.29) is 35.9 Å². The largest absolute Gasteiger partial charge is 0.465 e. The quantitative estimate of drug-likeness (QED) is 0.619. The second kappa shape index (κ2) is 9.35. The number of rotatable bonds is 9. The highest BCUT2D eigenvalue weighted by Gasteiger charge is 2.41. The van der Waals surface area contributed by atoms with E-state index in [0.29, 0.717) is 12.8 Å². The fourth-order valence-corrected chi connectivity index (χ4v) is 4.24. The summed E-state index contributed by atoms with van der Waals surface area (Å²) in [5.41, 5.74) is 0.973. The van der Waals surface area contributed by atoms with Gasteiger partial charge in [-0.15, -0.1) is 0 Å². The second-order valence-electron chi connectivity index (χ2n) is 7.69. The Hall–Kier alpha value is -1.48. The van der Waals surface area contributed by atoms with Crippen LogP contribution in [0.5, 0.6) is 0 Å². The lowest BCUT2D eigenvalue weighted by Gasteiger charge is -2.17. The van der Waals surface area contributed by atoms with E-state index in [9.17, 15) is 18.3 Å². The third-order valence-corrected chi connectivity index (χ3v) is 6.18. The van der Waals surface area contributed by atoms with Crippen LogP contribution in [0.4, 0.5) is 0 Å². The Labute approximate surface area is 166 Å². The summed E-state index contributed by atoms with van der Waals surface area (Å²) in [5.74, 6) is -1.51. The number of aliphatic hydroxyl groups is 1. The minimum atomic E-state index is -3.49. The summed E-state index contributed by atoms with van der Waals surface area (Å²) >= 11 is 0. The number of hydrogen-bond acceptors (Lipinski definition) is 7. The van der Waals surface area contributed by atoms with Crippen molar-refractivity contribution in [1.29, 1.82) is 0 Å². The summed E-state index contributed by atoms with van der Waals surface area (Å²) in [7, 11) is -3.49. The molecule has 1 aliphatic rings. The summed E-state index contributed by atoms with van der Waals surface area (Å²) in [6.07, 6.45) is -0.282. The van der Waals surface area contributed by atoms with Crippen LogP contribution in [-0.4, -0.2) is 56.0 Å². The third-order valence-electron chi connectivity index (χ3n) is 4.49. The van der Waals surface area contributed by atoms with Gasteiger partial charge in [0.1, 0.15) is 6.61 Å². The molecule has 1 heterocycles. The summed E-state index contributed by atoms with van der Waals surface area (Å²) in [6, 6.07) is 6.56. The van der Waals surface area contributed by atoms with Crippen molar-refractivity contribution >= 4 is 15.8 Å². The first-order chi connectivity index (χ1) is 13.0. The highest BCUT2D eigenvalue weighted by molar-refractivity contribution is 7.91. The molecule has 1 aromatic rings. The average molecular weight is 415 g/mol. The van der Waals surface area contributed by atoms with E-state index in [1.165, 1.54) is 0 Å². The summed E-state index contributed by atoms with van der Waals surface area (Å²) < 4.78 is 41.2. The molecule has 0 unspecified atom stereocenters. The highest BCUT2D eigenvalue weighted by Crippen LogP contribution is 2.32. The molecule has 2 rings (SSSR count). The van der Waals surface area contributed by atoms with Gasteiger partial charge < -0.3 is 19.3 Å². The standard InChI is InChI=1S/C20H30O7S/c1-14-5-7-16(8-6-14)28(23,24)12-11-25-19(22)10-9-17-18(13-15(2)21)27-20(3,4)26-17/h5-8,15,17-18,21H,9-13H2,1-4H3/t15-,17+,18+/m1/s1. The zero-order chi connectivity index (χ0) is 20.9. The number of esters is 1. The van der Waals surface area contributed by atoms with Gasteiger partial charge in [0.25, 0.3) is 0 Å². The molecule has 0 radical (unpaired) electrons. The minimum absolute atomic E-state index is 0.0883. The Morgan fingerprint density at radius 2 is 1.82 bits per heavy atom. The van der Waals surface area contributed by atoms with Crippen LogP contribution in [0.25, 0.3) is 0 Å². The molecule has 0 bridgehead atoms. The third kappa shape index (κ3) is 6.84. The van der Waals surface area contributed by atoms with Crippen molar-refractivity contribution in [3.05, 3.63) is 29.8 Å². The van der Waals surface area contributed by atoms with Gasteiger partial charge >= 0.3 is 5.97 Å². The Morgan fingerprint density at radius 3 is 2.43 bits per heavy atom. The summed E-state index contributed by atoms with van der Waals surface area (Å²) in [6.45, 7) is 6.94. The first kappa shape index (κ1) is 22.8. The van der Waals surface area contributed by atoms with Gasteiger partial charge in [-0.05, 0) is 46.2 Å². The molecule has 28 heavy (non-hydrogen) atoms. The molecule has 8 heteroatoms. The Bertz CT molecular complexity index is 753. The highest BCUT2D eigenvalue weighted by atomic mass is 32.2. The zero-order valence-corrected chi connectivity index (χ0v) is 17.7. The fraction of sp³-hybridized carbons (Fsp3) is 0.650. The van der Waals surface area contributed by atoms with Crippen LogP contribution in [0.1, 0.15) is 45.6 Å². The van der Waals surface area contributed by atoms with Crippen LogP contribution in [-0.2, 0) is 28.8 Å². The molecule has 0 amide bonds. The molecular formula is C20H30O7S. The van der Waals surface area contributed by atoms with E-state index in [1.54, 1.807) is 45.0 Å². The van der Waals surface area contributed by atoms with Crippen molar-refractivity contribution in [3.63, 3.8) is 0 Å². The van der Waals surface area contributed by atoms with Crippen molar-refractivity contribution in [3.8, 4) is 0 Å². The number of sulfone groups is 1. The average Bonchev–Trinajstić information content (AvgIpc) is 2.86. The van der Waals surface area contributed by atoms with Crippen LogP contribution in [0.15, 0.2) is 29.2 Å². The predicted molar refractivity (Wildman–Crippen MR) is 104 cm³/mol. The monoisotopic (exact) mass is 414 g/mol. The maximum Gasteiger partial charge on any atom is 0.305 e. The maximum absolute atomic E-state index is 12.3. The number of ether oxygens (including phenoxy) is 3. The van der Waals surface area contributed by atoms with Crippen LogP contribution in [0.3, 0.4) is 0 Å². The summed E-state index contributed by atoms with van der Waals surface area (Å²) in [4.78, 5) is 12.2. The Kier molecular flexibility index (Phi) is 7.61. The van der Waals surface area contributed by atoms with Gasteiger partial charge in [0.2, 0.25) is 0 Å². The number of benzene rings is 1. The molecule has 158 valence electrons. The van der Waals surface area contributed by atoms with Crippen LogP contribution < -0.4 is 0 Å². The van der Waals surface area contributed by atoms with E-state index in [4.69, 9.17) is 14.2 Å². The van der Waals surface area contributed by atoms with Gasteiger partial charge in [-0.25, -0.2) is 8.42 Å². The molecule has 1 aliphatic heterocycles. The number of aliphatic hydroxyl groups excluding tert-OH is 1. The molecule has 1 aromatic carbocycles. The topological polar surface area (TPSA) is 99.1 Å². The predicted octanol–water partition coefficient (Wildman–Crippen LogP) is 2.38. The van der Waals surface area contributed by atoms with E-state index >= 15 is 0 Å². The van der Waals surface area contributed by atoms with Crippen molar-refractivity contribution in [1.82, 2.24) is 0 Å². The van der Waals surface area contributed by atoms with Gasteiger partial charge in [-0.2, -0.15) is 0 Å².